The minimum Gasteiger partial charge on any atom is -0.360 e. The van der Waals surface area contributed by atoms with Crippen LogP contribution in [0.1, 0.15) is 9.67 Å². The molecule has 2 saturated heterocycles. The van der Waals surface area contributed by atoms with Crippen molar-refractivity contribution in [2.75, 3.05) is 11.4 Å². The van der Waals surface area contributed by atoms with E-state index in [1.54, 1.807) is 30.3 Å². The van der Waals surface area contributed by atoms with Crippen molar-refractivity contribution < 1.29 is 19.1 Å². The number of nitrogens with one attached hydrogen (secondary N) is 1. The summed E-state index contributed by atoms with van der Waals surface area (Å²) < 4.78 is 6.03. The number of hydrogen-bond donors (Lipinski definition) is 1. The minimum atomic E-state index is -0.974. The molecule has 2 bridgehead atoms. The Labute approximate surface area is 159 Å². The molecule has 0 unspecified atom stereocenters. The van der Waals surface area contributed by atoms with Gasteiger partial charge in [0.1, 0.15) is 5.60 Å². The highest BCUT2D eigenvalue weighted by Crippen LogP contribution is 2.52. The number of thiophene rings is 1. The monoisotopic (exact) mass is 380 g/mol. The minimum absolute atomic E-state index is 0.152. The van der Waals surface area contributed by atoms with Gasteiger partial charge in [-0.2, -0.15) is 0 Å². The summed E-state index contributed by atoms with van der Waals surface area (Å²) in [6.45, 7) is 0.152. The van der Waals surface area contributed by atoms with Gasteiger partial charge in [-0.1, -0.05) is 36.4 Å². The third-order valence-corrected chi connectivity index (χ3v) is 6.31. The molecule has 1 N–H and O–H groups in total. The largest absolute Gasteiger partial charge is 0.360 e. The lowest BCUT2D eigenvalue weighted by molar-refractivity contribution is -0.126. The van der Waals surface area contributed by atoms with E-state index in [0.717, 1.165) is 0 Å². The van der Waals surface area contributed by atoms with Gasteiger partial charge in [0.2, 0.25) is 11.8 Å². The molecule has 3 amide bonds. The van der Waals surface area contributed by atoms with Crippen LogP contribution in [-0.4, -0.2) is 36.0 Å². The van der Waals surface area contributed by atoms with Crippen molar-refractivity contribution in [3.8, 4) is 0 Å². The predicted molar refractivity (Wildman–Crippen MR) is 99.3 cm³/mol. The Morgan fingerprint density at radius 1 is 1.15 bits per heavy atom. The molecule has 4 heterocycles. The van der Waals surface area contributed by atoms with Crippen LogP contribution in [0.5, 0.6) is 0 Å². The van der Waals surface area contributed by atoms with Gasteiger partial charge in [-0.15, -0.1) is 11.3 Å². The van der Waals surface area contributed by atoms with Gasteiger partial charge in [-0.05, 0) is 23.6 Å². The Morgan fingerprint density at radius 2 is 1.96 bits per heavy atom. The maximum absolute atomic E-state index is 13.1. The average Bonchev–Trinajstić information content (AvgIpc) is 3.44. The Bertz CT molecular complexity index is 956. The average molecular weight is 380 g/mol. The van der Waals surface area contributed by atoms with Gasteiger partial charge in [0, 0.05) is 0 Å². The van der Waals surface area contributed by atoms with E-state index in [1.165, 1.54) is 16.2 Å². The van der Waals surface area contributed by atoms with Gasteiger partial charge in [0.15, 0.2) is 0 Å². The van der Waals surface area contributed by atoms with E-state index in [0.29, 0.717) is 10.6 Å². The summed E-state index contributed by atoms with van der Waals surface area (Å²) in [5.41, 5.74) is -0.405. The number of hydrogen-bond acceptors (Lipinski definition) is 5. The number of ether oxygens (including phenoxy) is 1. The van der Waals surface area contributed by atoms with Gasteiger partial charge in [0.05, 0.1) is 35.0 Å². The molecule has 3 aliphatic heterocycles. The highest BCUT2D eigenvalue weighted by molar-refractivity contribution is 7.12. The number of carbonyl (C=O) groups excluding carboxylic acids is 3. The van der Waals surface area contributed by atoms with Crippen molar-refractivity contribution in [2.24, 2.45) is 11.8 Å². The van der Waals surface area contributed by atoms with Gasteiger partial charge >= 0.3 is 0 Å². The number of imide groups is 1. The third kappa shape index (κ3) is 2.32. The zero-order chi connectivity index (χ0) is 18.6. The normalized spacial score (nSPS) is 30.8. The lowest BCUT2D eigenvalue weighted by Crippen LogP contribution is -2.48. The number of anilines is 1. The molecule has 1 aromatic carbocycles. The second kappa shape index (κ2) is 5.87. The molecular formula is C20H16N2O4S. The zero-order valence-electron chi connectivity index (χ0n) is 14.2. The Morgan fingerprint density at radius 3 is 2.70 bits per heavy atom. The van der Waals surface area contributed by atoms with Crippen molar-refractivity contribution in [3.05, 3.63) is 64.9 Å². The van der Waals surface area contributed by atoms with Crippen LogP contribution >= 0.6 is 11.3 Å². The molecule has 136 valence electrons. The molecule has 2 aromatic rings. The fraction of sp³-hybridized carbons (Fsp3) is 0.250. The SMILES string of the molecule is O=C(NC[C@]12C=C[C@H](O1)[C@@H]1C(=O)N(c3ccccc3)C(=O)[C@@H]12)c1cccs1. The van der Waals surface area contributed by atoms with Crippen molar-refractivity contribution in [2.45, 2.75) is 11.7 Å². The molecule has 0 radical (unpaired) electrons. The van der Waals surface area contributed by atoms with Gasteiger partial charge in [0.25, 0.3) is 5.91 Å². The van der Waals surface area contributed by atoms with Gasteiger partial charge in [-0.25, -0.2) is 4.90 Å². The van der Waals surface area contributed by atoms with Crippen LogP contribution in [0.4, 0.5) is 5.69 Å². The zero-order valence-corrected chi connectivity index (χ0v) is 15.0. The molecule has 1 aromatic heterocycles. The molecule has 0 spiro atoms. The summed E-state index contributed by atoms with van der Waals surface area (Å²) in [5, 5.41) is 4.69. The highest BCUT2D eigenvalue weighted by atomic mass is 32.1. The van der Waals surface area contributed by atoms with Crippen LogP contribution in [-0.2, 0) is 14.3 Å². The first-order valence-corrected chi connectivity index (χ1v) is 9.60. The topological polar surface area (TPSA) is 75.7 Å². The van der Waals surface area contributed by atoms with E-state index in [2.05, 4.69) is 5.32 Å². The van der Waals surface area contributed by atoms with Crippen molar-refractivity contribution in [1.29, 1.82) is 0 Å². The van der Waals surface area contributed by atoms with Gasteiger partial charge in [-0.3, -0.25) is 14.4 Å². The van der Waals surface area contributed by atoms with Crippen LogP contribution < -0.4 is 10.2 Å². The van der Waals surface area contributed by atoms with E-state index in [4.69, 9.17) is 4.74 Å². The van der Waals surface area contributed by atoms with E-state index in [9.17, 15) is 14.4 Å². The van der Waals surface area contributed by atoms with Crippen molar-refractivity contribution in [3.63, 3.8) is 0 Å². The van der Waals surface area contributed by atoms with Crippen molar-refractivity contribution >= 4 is 34.7 Å². The summed E-state index contributed by atoms with van der Waals surface area (Å²) in [6, 6.07) is 12.5. The number of para-hydroxylation sites is 1. The molecule has 27 heavy (non-hydrogen) atoms. The van der Waals surface area contributed by atoms with Crippen LogP contribution in [0.15, 0.2) is 60.0 Å². The van der Waals surface area contributed by atoms with Crippen LogP contribution in [0.2, 0.25) is 0 Å². The smallest absolute Gasteiger partial charge is 0.261 e. The fourth-order valence-corrected chi connectivity index (χ4v) is 4.89. The van der Waals surface area contributed by atoms with Crippen LogP contribution in [0.3, 0.4) is 0 Å². The number of carbonyl (C=O) groups is 3. The number of nitrogens with zero attached hydrogens (tertiary/aromatic N) is 1. The third-order valence-electron chi connectivity index (χ3n) is 5.44. The first-order valence-electron chi connectivity index (χ1n) is 8.72. The molecule has 6 nitrogen and oxygen atoms in total. The summed E-state index contributed by atoms with van der Waals surface area (Å²) in [4.78, 5) is 40.3. The second-order valence-electron chi connectivity index (χ2n) is 6.91. The molecule has 4 atom stereocenters. The first-order chi connectivity index (χ1) is 13.1. The molecule has 3 aliphatic rings. The number of rotatable bonds is 4. The number of benzene rings is 1. The molecule has 7 heteroatoms. The second-order valence-corrected chi connectivity index (χ2v) is 7.86. The fourth-order valence-electron chi connectivity index (χ4n) is 4.25. The predicted octanol–water partition coefficient (Wildman–Crippen LogP) is 1.99. The summed E-state index contributed by atoms with van der Waals surface area (Å²) >= 11 is 1.35. The first kappa shape index (κ1) is 16.4. The highest BCUT2D eigenvalue weighted by Gasteiger charge is 2.67. The van der Waals surface area contributed by atoms with Crippen molar-refractivity contribution in [1.82, 2.24) is 5.32 Å². The Hall–Kier alpha value is -2.77. The molecule has 5 rings (SSSR count). The molecule has 0 aliphatic carbocycles. The standard InChI is InChI=1S/C20H16N2O4S/c23-17(14-7-4-10-27-14)21-11-20-9-8-13(26-20)15-16(20)19(25)22(18(15)24)12-5-2-1-3-6-12/h1-10,13,15-16H,11H2,(H,21,23)/t13-,15-,16+,20-/m0/s1. The maximum atomic E-state index is 13.1. The van der Waals surface area contributed by atoms with E-state index < -0.39 is 23.5 Å². The molecular weight excluding hydrogens is 364 g/mol. The summed E-state index contributed by atoms with van der Waals surface area (Å²) in [7, 11) is 0. The lowest BCUT2D eigenvalue weighted by Gasteiger charge is -2.29. The Kier molecular flexibility index (Phi) is 3.57. The Balaban J connectivity index is 1.42. The molecule has 0 saturated carbocycles. The number of amides is 3. The van der Waals surface area contributed by atoms with E-state index in [-0.39, 0.29) is 24.3 Å². The quantitative estimate of drug-likeness (QED) is 0.650. The van der Waals surface area contributed by atoms with E-state index >= 15 is 0 Å². The summed E-state index contributed by atoms with van der Waals surface area (Å²) in [6.07, 6.45) is 3.23. The number of fused-ring (bicyclic) bond motifs is 5. The van der Waals surface area contributed by atoms with Crippen LogP contribution in [0.25, 0.3) is 0 Å². The maximum Gasteiger partial charge on any atom is 0.261 e. The van der Waals surface area contributed by atoms with E-state index in [1.807, 2.05) is 29.7 Å². The molecule has 2 fully saturated rings. The van der Waals surface area contributed by atoms with Gasteiger partial charge < -0.3 is 10.1 Å². The lowest BCUT2D eigenvalue weighted by atomic mass is 9.77. The summed E-state index contributed by atoms with van der Waals surface area (Å²) in [5.74, 6) is -1.88. The van der Waals surface area contributed by atoms with Crippen LogP contribution in [0, 0.1) is 11.8 Å².